The van der Waals surface area contributed by atoms with Crippen LogP contribution < -0.4 is 9.64 Å². The van der Waals surface area contributed by atoms with Crippen LogP contribution in [0.5, 0.6) is 5.75 Å². The highest BCUT2D eigenvalue weighted by atomic mass is 79.9. The predicted octanol–water partition coefficient (Wildman–Crippen LogP) is 3.48. The molecule has 3 nitrogen and oxygen atoms in total. The molecule has 1 aliphatic rings. The van der Waals surface area contributed by atoms with Crippen LogP contribution >= 0.6 is 15.9 Å². The first kappa shape index (κ1) is 13.7. The lowest BCUT2D eigenvalue weighted by Gasteiger charge is -2.35. The molecule has 0 amide bonds. The van der Waals surface area contributed by atoms with Crippen LogP contribution in [0.1, 0.15) is 26.7 Å². The van der Waals surface area contributed by atoms with E-state index >= 15 is 0 Å². The van der Waals surface area contributed by atoms with Crippen molar-refractivity contribution in [1.82, 2.24) is 4.98 Å². The van der Waals surface area contributed by atoms with E-state index in [1.54, 1.807) is 0 Å². The summed E-state index contributed by atoms with van der Waals surface area (Å²) in [6, 6.07) is 3.96. The summed E-state index contributed by atoms with van der Waals surface area (Å²) in [5.41, 5.74) is 0. The number of rotatable bonds is 4. The molecule has 1 aliphatic heterocycles. The van der Waals surface area contributed by atoms with E-state index in [2.05, 4.69) is 39.7 Å². The summed E-state index contributed by atoms with van der Waals surface area (Å²) in [7, 11) is 0. The van der Waals surface area contributed by atoms with Gasteiger partial charge >= 0.3 is 0 Å². The number of aromatic nitrogens is 1. The highest BCUT2D eigenvalue weighted by molar-refractivity contribution is 9.09. The molecule has 1 aromatic heterocycles. The number of ether oxygens (including phenoxy) is 1. The molecule has 0 aliphatic carbocycles. The van der Waals surface area contributed by atoms with Gasteiger partial charge in [0, 0.05) is 24.1 Å². The number of halogens is 1. The van der Waals surface area contributed by atoms with Crippen LogP contribution in [0.2, 0.25) is 0 Å². The average molecular weight is 313 g/mol. The van der Waals surface area contributed by atoms with Crippen LogP contribution in [0.15, 0.2) is 18.3 Å². The Morgan fingerprint density at radius 2 is 2.39 bits per heavy atom. The zero-order chi connectivity index (χ0) is 13.0. The fraction of sp³-hybridized carbons (Fsp3) is 0.643. The number of hydrogen-bond acceptors (Lipinski definition) is 3. The minimum Gasteiger partial charge on any atom is -0.490 e. The van der Waals surface area contributed by atoms with Gasteiger partial charge in [-0.25, -0.2) is 4.98 Å². The molecule has 2 unspecified atom stereocenters. The molecule has 2 heterocycles. The maximum atomic E-state index is 5.79. The second-order valence-electron chi connectivity index (χ2n) is 4.90. The summed E-state index contributed by atoms with van der Waals surface area (Å²) in [5, 5.41) is 0. The molecule has 18 heavy (non-hydrogen) atoms. The maximum Gasteiger partial charge on any atom is 0.171 e. The standard InChI is InChI=1S/C14H21BrN2O/c1-3-9-18-13-5-4-7-16-14(13)17-8-6-12(15)11(2)10-17/h4-5,7,11-12H,3,6,8-10H2,1-2H3. The molecular formula is C14H21BrN2O. The van der Waals surface area contributed by atoms with Gasteiger partial charge in [-0.05, 0) is 30.9 Å². The normalized spacial score (nSPS) is 24.1. The number of alkyl halides is 1. The highest BCUT2D eigenvalue weighted by Gasteiger charge is 2.26. The Morgan fingerprint density at radius 3 is 3.11 bits per heavy atom. The minimum absolute atomic E-state index is 0.623. The smallest absolute Gasteiger partial charge is 0.171 e. The van der Waals surface area contributed by atoms with Crippen molar-refractivity contribution >= 4 is 21.7 Å². The molecule has 1 aromatic rings. The molecule has 100 valence electrons. The zero-order valence-electron chi connectivity index (χ0n) is 11.1. The fourth-order valence-corrected chi connectivity index (χ4v) is 2.63. The van der Waals surface area contributed by atoms with Crippen molar-refractivity contribution in [2.45, 2.75) is 31.5 Å². The monoisotopic (exact) mass is 312 g/mol. The Balaban J connectivity index is 2.12. The zero-order valence-corrected chi connectivity index (χ0v) is 12.7. The first-order chi connectivity index (χ1) is 8.72. The van der Waals surface area contributed by atoms with Gasteiger partial charge in [0.05, 0.1) is 6.61 Å². The van der Waals surface area contributed by atoms with E-state index < -0.39 is 0 Å². The van der Waals surface area contributed by atoms with Gasteiger partial charge in [-0.3, -0.25) is 0 Å². The third kappa shape index (κ3) is 3.16. The summed E-state index contributed by atoms with van der Waals surface area (Å²) in [4.78, 5) is 7.46. The average Bonchev–Trinajstić information content (AvgIpc) is 2.40. The first-order valence-electron chi connectivity index (χ1n) is 6.69. The van der Waals surface area contributed by atoms with Gasteiger partial charge in [0.1, 0.15) is 0 Å². The van der Waals surface area contributed by atoms with Crippen LogP contribution in [-0.2, 0) is 0 Å². The molecule has 0 radical (unpaired) electrons. The van der Waals surface area contributed by atoms with Crippen LogP contribution in [0.3, 0.4) is 0 Å². The summed E-state index contributed by atoms with van der Waals surface area (Å²) in [6.07, 6.45) is 4.03. The van der Waals surface area contributed by atoms with E-state index in [1.165, 1.54) is 0 Å². The van der Waals surface area contributed by atoms with Crippen molar-refractivity contribution in [3.8, 4) is 5.75 Å². The number of piperidine rings is 1. The lowest BCUT2D eigenvalue weighted by atomic mass is 10.00. The van der Waals surface area contributed by atoms with Crippen molar-refractivity contribution in [2.24, 2.45) is 5.92 Å². The molecule has 0 aromatic carbocycles. The molecule has 0 bridgehead atoms. The predicted molar refractivity (Wildman–Crippen MR) is 78.7 cm³/mol. The quantitative estimate of drug-likeness (QED) is 0.796. The van der Waals surface area contributed by atoms with E-state index in [4.69, 9.17) is 4.74 Å². The molecule has 2 rings (SSSR count). The van der Waals surface area contributed by atoms with Crippen molar-refractivity contribution < 1.29 is 4.74 Å². The lowest BCUT2D eigenvalue weighted by molar-refractivity contribution is 0.315. The van der Waals surface area contributed by atoms with Crippen LogP contribution in [0, 0.1) is 5.92 Å². The van der Waals surface area contributed by atoms with Gasteiger partial charge in [0.15, 0.2) is 11.6 Å². The van der Waals surface area contributed by atoms with E-state index in [1.807, 2.05) is 18.3 Å². The third-order valence-corrected chi connectivity index (χ3v) is 4.67. The van der Waals surface area contributed by atoms with Crippen molar-refractivity contribution in [2.75, 3.05) is 24.6 Å². The number of nitrogens with zero attached hydrogens (tertiary/aromatic N) is 2. The van der Waals surface area contributed by atoms with Gasteiger partial charge in [-0.15, -0.1) is 0 Å². The molecule has 0 spiro atoms. The van der Waals surface area contributed by atoms with Crippen molar-refractivity contribution in [3.05, 3.63) is 18.3 Å². The molecular weight excluding hydrogens is 292 g/mol. The van der Waals surface area contributed by atoms with E-state index in [9.17, 15) is 0 Å². The Bertz CT molecular complexity index is 386. The maximum absolute atomic E-state index is 5.79. The summed E-state index contributed by atoms with van der Waals surface area (Å²) in [5.74, 6) is 2.55. The Morgan fingerprint density at radius 1 is 1.56 bits per heavy atom. The third-order valence-electron chi connectivity index (χ3n) is 3.31. The highest BCUT2D eigenvalue weighted by Crippen LogP contribution is 2.31. The Kier molecular flexibility index (Phi) is 4.87. The van der Waals surface area contributed by atoms with Crippen LogP contribution in [-0.4, -0.2) is 29.5 Å². The first-order valence-corrected chi connectivity index (χ1v) is 7.60. The van der Waals surface area contributed by atoms with Gasteiger partial charge in [0.2, 0.25) is 0 Å². The largest absolute Gasteiger partial charge is 0.490 e. The van der Waals surface area contributed by atoms with Gasteiger partial charge < -0.3 is 9.64 Å². The molecule has 4 heteroatoms. The summed E-state index contributed by atoms with van der Waals surface area (Å²) >= 11 is 3.74. The van der Waals surface area contributed by atoms with E-state index in [0.29, 0.717) is 10.7 Å². The topological polar surface area (TPSA) is 25.4 Å². The molecule has 1 saturated heterocycles. The molecule has 0 saturated carbocycles. The van der Waals surface area contributed by atoms with Gasteiger partial charge in [0.25, 0.3) is 0 Å². The molecule has 1 fully saturated rings. The van der Waals surface area contributed by atoms with Gasteiger partial charge in [-0.2, -0.15) is 0 Å². The second kappa shape index (κ2) is 6.41. The summed E-state index contributed by atoms with van der Waals surface area (Å²) in [6.45, 7) is 7.23. The van der Waals surface area contributed by atoms with Crippen molar-refractivity contribution in [3.63, 3.8) is 0 Å². The van der Waals surface area contributed by atoms with Gasteiger partial charge in [-0.1, -0.05) is 29.8 Å². The second-order valence-corrected chi connectivity index (χ2v) is 6.08. The number of anilines is 1. The number of hydrogen-bond donors (Lipinski definition) is 0. The van der Waals surface area contributed by atoms with Crippen LogP contribution in [0.25, 0.3) is 0 Å². The Hall–Kier alpha value is -0.770. The molecule has 0 N–H and O–H groups in total. The van der Waals surface area contributed by atoms with Crippen molar-refractivity contribution in [1.29, 1.82) is 0 Å². The lowest BCUT2D eigenvalue weighted by Crippen LogP contribution is -2.40. The molecule has 2 atom stereocenters. The Labute approximate surface area is 118 Å². The van der Waals surface area contributed by atoms with E-state index in [0.717, 1.165) is 44.1 Å². The number of pyridine rings is 1. The van der Waals surface area contributed by atoms with E-state index in [-0.39, 0.29) is 0 Å². The van der Waals surface area contributed by atoms with Crippen LogP contribution in [0.4, 0.5) is 5.82 Å². The minimum atomic E-state index is 0.623. The summed E-state index contributed by atoms with van der Waals surface area (Å²) < 4.78 is 5.79. The fourth-order valence-electron chi connectivity index (χ4n) is 2.25. The SMILES string of the molecule is CCCOc1cccnc1N1CCC(Br)C(C)C1.